The number of fused-ring (bicyclic) bond motifs is 2. The Morgan fingerprint density at radius 2 is 1.08 bits per heavy atom. The number of alkyl carbamates (subject to hydrolysis) is 1. The average Bonchev–Trinajstić information content (AvgIpc) is 3.81. The lowest BCUT2D eigenvalue weighted by Gasteiger charge is -2.33. The molecule has 0 radical (unpaired) electrons. The molecule has 6 N–H and O–H groups in total. The molecule has 6 aromatic rings. The SMILES string of the molecule is Cc1cccc2oc(Nc3ccc(NC(=O)CCCN(C(=O)O)C(C)(C)C)cc3)nc12.Cc1cccc2oc(Nc3ccc(NC(=O)CCCNC(=O)OC(C)(C)C)cc3)nc12. The van der Waals surface area contributed by atoms with E-state index in [1.807, 2.05) is 95.3 Å². The predicted octanol–water partition coefficient (Wildman–Crippen LogP) is 10.5. The first-order valence-corrected chi connectivity index (χ1v) is 20.4. The lowest BCUT2D eigenvalue weighted by molar-refractivity contribution is -0.117. The number of carboxylic acid groups (broad SMARTS) is 1. The van der Waals surface area contributed by atoms with Gasteiger partial charge in [0.2, 0.25) is 11.8 Å². The van der Waals surface area contributed by atoms with Gasteiger partial charge in [-0.1, -0.05) is 24.3 Å². The minimum absolute atomic E-state index is 0.124. The summed E-state index contributed by atoms with van der Waals surface area (Å²) >= 11 is 0. The summed E-state index contributed by atoms with van der Waals surface area (Å²) in [6, 6.07) is 26.9. The van der Waals surface area contributed by atoms with Crippen LogP contribution in [0.2, 0.25) is 0 Å². The van der Waals surface area contributed by atoms with Gasteiger partial charge in [0.1, 0.15) is 16.6 Å². The third kappa shape index (κ3) is 14.0. The molecule has 6 rings (SSSR count). The van der Waals surface area contributed by atoms with Crippen LogP contribution in [0.5, 0.6) is 0 Å². The van der Waals surface area contributed by atoms with Gasteiger partial charge in [0.25, 0.3) is 12.0 Å². The van der Waals surface area contributed by atoms with Gasteiger partial charge in [-0.05, 0) is 140 Å². The van der Waals surface area contributed by atoms with Crippen LogP contribution in [-0.4, -0.2) is 68.2 Å². The minimum Gasteiger partial charge on any atom is -0.465 e. The molecule has 4 amide bonds. The largest absolute Gasteiger partial charge is 0.465 e. The lowest BCUT2D eigenvalue weighted by atomic mass is 10.1. The molecule has 0 aliphatic rings. The van der Waals surface area contributed by atoms with Crippen LogP contribution in [0.15, 0.2) is 93.8 Å². The number of aromatic nitrogens is 2. The number of hydrogen-bond donors (Lipinski definition) is 6. The summed E-state index contributed by atoms with van der Waals surface area (Å²) < 4.78 is 16.6. The maximum atomic E-state index is 12.2. The maximum Gasteiger partial charge on any atom is 0.407 e. The molecular formula is C46H56N8O8. The number of carbonyl (C=O) groups is 4. The van der Waals surface area contributed by atoms with Crippen molar-refractivity contribution in [3.63, 3.8) is 0 Å². The summed E-state index contributed by atoms with van der Waals surface area (Å²) in [5, 5.41) is 23.9. The van der Waals surface area contributed by atoms with E-state index in [1.54, 1.807) is 45.0 Å². The summed E-state index contributed by atoms with van der Waals surface area (Å²) in [5.74, 6) is -0.282. The van der Waals surface area contributed by atoms with Gasteiger partial charge in [0.05, 0.1) is 0 Å². The van der Waals surface area contributed by atoms with Gasteiger partial charge in [-0.3, -0.25) is 9.59 Å². The predicted molar refractivity (Wildman–Crippen MR) is 241 cm³/mol. The number of nitrogens with one attached hydrogen (secondary N) is 5. The number of anilines is 6. The highest BCUT2D eigenvalue weighted by molar-refractivity contribution is 5.91. The van der Waals surface area contributed by atoms with Crippen LogP contribution in [0.25, 0.3) is 22.2 Å². The van der Waals surface area contributed by atoms with Crippen molar-refractivity contribution in [1.29, 1.82) is 0 Å². The number of nitrogens with zero attached hydrogens (tertiary/aromatic N) is 3. The molecule has 0 spiro atoms. The normalized spacial score (nSPS) is 11.3. The van der Waals surface area contributed by atoms with Crippen molar-refractivity contribution in [3.8, 4) is 0 Å². The van der Waals surface area contributed by atoms with Crippen LogP contribution in [0.3, 0.4) is 0 Å². The third-order valence-electron chi connectivity index (χ3n) is 9.16. The van der Waals surface area contributed by atoms with Crippen LogP contribution in [0.1, 0.15) is 78.4 Å². The zero-order valence-electron chi connectivity index (χ0n) is 36.5. The van der Waals surface area contributed by atoms with E-state index in [4.69, 9.17) is 13.6 Å². The van der Waals surface area contributed by atoms with Gasteiger partial charge in [0.15, 0.2) is 11.2 Å². The van der Waals surface area contributed by atoms with Crippen LogP contribution < -0.4 is 26.6 Å². The molecule has 2 heterocycles. The fourth-order valence-electron chi connectivity index (χ4n) is 6.12. The van der Waals surface area contributed by atoms with Gasteiger partial charge >= 0.3 is 12.2 Å². The van der Waals surface area contributed by atoms with E-state index in [9.17, 15) is 24.3 Å². The summed E-state index contributed by atoms with van der Waals surface area (Å²) in [6.07, 6.45) is 0.0315. The van der Waals surface area contributed by atoms with Crippen molar-refractivity contribution in [2.45, 2.75) is 92.2 Å². The van der Waals surface area contributed by atoms with Gasteiger partial charge in [-0.25, -0.2) is 9.59 Å². The summed E-state index contributed by atoms with van der Waals surface area (Å²) in [6.45, 7) is 15.5. The van der Waals surface area contributed by atoms with Gasteiger partial charge < -0.3 is 50.2 Å². The van der Waals surface area contributed by atoms with E-state index in [2.05, 4.69) is 36.6 Å². The second-order valence-electron chi connectivity index (χ2n) is 16.6. The van der Waals surface area contributed by atoms with Crippen LogP contribution in [-0.2, 0) is 14.3 Å². The zero-order chi connectivity index (χ0) is 45.0. The third-order valence-corrected chi connectivity index (χ3v) is 9.16. The molecule has 16 nitrogen and oxygen atoms in total. The Hall–Kier alpha value is -7.10. The van der Waals surface area contributed by atoms with Crippen LogP contribution in [0, 0.1) is 13.8 Å². The first-order valence-electron chi connectivity index (χ1n) is 20.4. The van der Waals surface area contributed by atoms with Crippen molar-refractivity contribution < 1.29 is 37.9 Å². The Balaban J connectivity index is 0.000000234. The standard InChI is InChI=1S/2C23H28N4O4/c1-15-7-5-8-18-20(15)26-21(31-18)25-17-12-10-16(11-13-17)24-19(28)9-6-14-27(22(29)30)23(2,3)4;1-15-7-5-8-18-20(15)27-21(30-18)26-17-12-10-16(11-13-17)25-19(28)9-6-14-24-22(29)31-23(2,3)4/h5,7-8,10-13H,6,9,14H2,1-4H3,(H,24,28)(H,25,26)(H,29,30);5,7-8,10-13H,6,9,14H2,1-4H3,(H,24,29)(H,25,28)(H,26,27). The van der Waals surface area contributed by atoms with E-state index in [-0.39, 0.29) is 24.7 Å². The van der Waals surface area contributed by atoms with Crippen molar-refractivity contribution in [2.75, 3.05) is 34.4 Å². The molecule has 16 heteroatoms. The number of aryl methyl sites for hydroxylation is 2. The molecule has 0 saturated heterocycles. The first-order chi connectivity index (χ1) is 29.3. The van der Waals surface area contributed by atoms with Gasteiger partial charge in [-0.15, -0.1) is 0 Å². The highest BCUT2D eigenvalue weighted by Gasteiger charge is 2.25. The molecule has 0 fully saturated rings. The zero-order valence-corrected chi connectivity index (χ0v) is 36.5. The minimum atomic E-state index is -0.981. The number of benzene rings is 4. The number of hydrogen-bond acceptors (Lipinski definition) is 11. The molecule has 0 saturated carbocycles. The molecule has 0 aliphatic carbocycles. The highest BCUT2D eigenvalue weighted by atomic mass is 16.6. The smallest absolute Gasteiger partial charge is 0.407 e. The Kier molecular flexibility index (Phi) is 15.2. The Bertz CT molecular complexity index is 2460. The molecule has 62 heavy (non-hydrogen) atoms. The highest BCUT2D eigenvalue weighted by Crippen LogP contribution is 2.27. The van der Waals surface area contributed by atoms with E-state index in [0.29, 0.717) is 49.3 Å². The summed E-state index contributed by atoms with van der Waals surface area (Å²) in [5.41, 5.74) is 7.08. The summed E-state index contributed by atoms with van der Waals surface area (Å²) in [4.78, 5) is 57.5. The second-order valence-corrected chi connectivity index (χ2v) is 16.6. The maximum absolute atomic E-state index is 12.2. The van der Waals surface area contributed by atoms with Crippen molar-refractivity contribution in [2.24, 2.45) is 0 Å². The van der Waals surface area contributed by atoms with Crippen molar-refractivity contribution in [1.82, 2.24) is 20.2 Å². The number of para-hydroxylation sites is 2. The molecule has 4 aromatic carbocycles. The molecule has 0 bridgehead atoms. The lowest BCUT2D eigenvalue weighted by Crippen LogP contribution is -2.45. The molecule has 0 unspecified atom stereocenters. The van der Waals surface area contributed by atoms with E-state index < -0.39 is 23.3 Å². The fraction of sp³-hybridized carbons (Fsp3) is 0.348. The first kappa shape index (κ1) is 46.0. The topological polar surface area (TPSA) is 213 Å². The van der Waals surface area contributed by atoms with Crippen LogP contribution >= 0.6 is 0 Å². The number of carbonyl (C=O) groups excluding carboxylic acids is 3. The molecule has 2 aromatic heterocycles. The van der Waals surface area contributed by atoms with Crippen LogP contribution in [0.4, 0.5) is 44.4 Å². The molecule has 0 atom stereocenters. The molecule has 0 aliphatic heterocycles. The number of rotatable bonds is 14. The Labute approximate surface area is 360 Å². The average molecular weight is 849 g/mol. The van der Waals surface area contributed by atoms with Crippen molar-refractivity contribution >= 4 is 81.0 Å². The second kappa shape index (κ2) is 20.4. The van der Waals surface area contributed by atoms with E-state index in [1.165, 1.54) is 4.90 Å². The molecule has 328 valence electrons. The Morgan fingerprint density at radius 3 is 1.48 bits per heavy atom. The molecular weight excluding hydrogens is 793 g/mol. The fourth-order valence-corrected chi connectivity index (χ4v) is 6.12. The number of ether oxygens (including phenoxy) is 1. The van der Waals surface area contributed by atoms with Gasteiger partial charge in [0, 0.05) is 54.2 Å². The number of amides is 4. The van der Waals surface area contributed by atoms with Gasteiger partial charge in [-0.2, -0.15) is 9.97 Å². The van der Waals surface area contributed by atoms with E-state index in [0.717, 1.165) is 44.7 Å². The summed E-state index contributed by atoms with van der Waals surface area (Å²) in [7, 11) is 0. The monoisotopic (exact) mass is 848 g/mol. The van der Waals surface area contributed by atoms with Crippen molar-refractivity contribution in [3.05, 3.63) is 96.1 Å². The number of oxazole rings is 2. The Morgan fingerprint density at radius 1 is 0.645 bits per heavy atom. The quantitative estimate of drug-likeness (QED) is 0.0565. The van der Waals surface area contributed by atoms with E-state index >= 15 is 0 Å².